The predicted octanol–water partition coefficient (Wildman–Crippen LogP) is 2.50. The number of hydrogen-bond donors (Lipinski definition) is 0. The fourth-order valence-corrected chi connectivity index (χ4v) is 3.05. The van der Waals surface area contributed by atoms with Crippen molar-refractivity contribution in [3.8, 4) is 0 Å². The second-order valence-electron chi connectivity index (χ2n) is 5.01. The van der Waals surface area contributed by atoms with Crippen LogP contribution in [0.4, 0.5) is 0 Å². The van der Waals surface area contributed by atoms with E-state index in [1.54, 1.807) is 12.4 Å². The average Bonchev–Trinajstić information content (AvgIpc) is 2.95. The lowest BCUT2D eigenvalue weighted by molar-refractivity contribution is -0.131. The van der Waals surface area contributed by atoms with E-state index < -0.39 is 0 Å². The van der Waals surface area contributed by atoms with Crippen molar-refractivity contribution in [2.45, 2.75) is 39.7 Å². The van der Waals surface area contributed by atoms with Gasteiger partial charge in [-0.2, -0.15) is 0 Å². The van der Waals surface area contributed by atoms with E-state index in [9.17, 15) is 9.59 Å². The summed E-state index contributed by atoms with van der Waals surface area (Å²) in [4.78, 5) is 31.3. The van der Waals surface area contributed by atoms with Crippen LogP contribution in [-0.2, 0) is 11.3 Å². The SMILES string of the molecule is CCCN(CCC)C(=O)CCn1cnc2sccc2c1=O. The molecular weight excluding hydrogens is 286 g/mol. The third-order valence-electron chi connectivity index (χ3n) is 3.36. The lowest BCUT2D eigenvalue weighted by atomic mass is 10.3. The predicted molar refractivity (Wildman–Crippen MR) is 85.7 cm³/mol. The molecule has 6 heteroatoms. The van der Waals surface area contributed by atoms with E-state index in [-0.39, 0.29) is 11.5 Å². The number of aryl methyl sites for hydroxylation is 1. The van der Waals surface area contributed by atoms with Gasteiger partial charge in [-0.25, -0.2) is 4.98 Å². The molecule has 0 unspecified atom stereocenters. The van der Waals surface area contributed by atoms with Crippen LogP contribution in [0.3, 0.4) is 0 Å². The first-order chi connectivity index (χ1) is 10.2. The van der Waals surface area contributed by atoms with Gasteiger partial charge in [-0.05, 0) is 24.3 Å². The summed E-state index contributed by atoms with van der Waals surface area (Å²) >= 11 is 1.45. The molecule has 1 amide bonds. The van der Waals surface area contributed by atoms with E-state index in [1.165, 1.54) is 15.9 Å². The van der Waals surface area contributed by atoms with Crippen LogP contribution < -0.4 is 5.56 Å². The number of nitrogens with zero attached hydrogens (tertiary/aromatic N) is 3. The molecule has 21 heavy (non-hydrogen) atoms. The molecule has 0 bridgehead atoms. The average molecular weight is 307 g/mol. The van der Waals surface area contributed by atoms with Crippen molar-refractivity contribution in [3.63, 3.8) is 0 Å². The molecule has 0 spiro atoms. The van der Waals surface area contributed by atoms with E-state index in [0.29, 0.717) is 18.4 Å². The highest BCUT2D eigenvalue weighted by Crippen LogP contribution is 2.13. The Hall–Kier alpha value is -1.69. The molecule has 0 fully saturated rings. The molecular formula is C15H21N3O2S. The second-order valence-corrected chi connectivity index (χ2v) is 5.91. The number of hydrogen-bond acceptors (Lipinski definition) is 4. The lowest BCUT2D eigenvalue weighted by Crippen LogP contribution is -2.34. The highest BCUT2D eigenvalue weighted by molar-refractivity contribution is 7.16. The smallest absolute Gasteiger partial charge is 0.262 e. The highest BCUT2D eigenvalue weighted by Gasteiger charge is 2.12. The zero-order valence-electron chi connectivity index (χ0n) is 12.5. The van der Waals surface area contributed by atoms with Crippen molar-refractivity contribution in [2.24, 2.45) is 0 Å². The fraction of sp³-hybridized carbons (Fsp3) is 0.533. The lowest BCUT2D eigenvalue weighted by Gasteiger charge is -2.21. The van der Waals surface area contributed by atoms with E-state index in [4.69, 9.17) is 0 Å². The molecule has 2 heterocycles. The van der Waals surface area contributed by atoms with Gasteiger partial charge in [0.2, 0.25) is 5.91 Å². The van der Waals surface area contributed by atoms with Crippen LogP contribution in [0.1, 0.15) is 33.1 Å². The van der Waals surface area contributed by atoms with E-state index in [0.717, 1.165) is 30.8 Å². The van der Waals surface area contributed by atoms with Crippen LogP contribution in [0.5, 0.6) is 0 Å². The van der Waals surface area contributed by atoms with Gasteiger partial charge in [0, 0.05) is 26.1 Å². The summed E-state index contributed by atoms with van der Waals surface area (Å²) < 4.78 is 1.53. The van der Waals surface area contributed by atoms with Gasteiger partial charge in [-0.15, -0.1) is 11.3 Å². The molecule has 5 nitrogen and oxygen atoms in total. The monoisotopic (exact) mass is 307 g/mol. The molecule has 0 aromatic carbocycles. The summed E-state index contributed by atoms with van der Waals surface area (Å²) in [7, 11) is 0. The number of amides is 1. The van der Waals surface area contributed by atoms with Crippen molar-refractivity contribution in [3.05, 3.63) is 28.1 Å². The Morgan fingerprint density at radius 2 is 2.05 bits per heavy atom. The Bertz CT molecular complexity index is 656. The van der Waals surface area contributed by atoms with E-state index >= 15 is 0 Å². The van der Waals surface area contributed by atoms with Gasteiger partial charge in [0.05, 0.1) is 11.7 Å². The first kappa shape index (κ1) is 15.7. The summed E-state index contributed by atoms with van der Waals surface area (Å²) in [5.41, 5.74) is -0.0633. The maximum absolute atomic E-state index is 12.2. The molecule has 0 radical (unpaired) electrons. The minimum absolute atomic E-state index is 0.0633. The standard InChI is InChI=1S/C15H21N3O2S/c1-3-7-17(8-4-2)13(19)5-9-18-11-16-14-12(15(18)20)6-10-21-14/h6,10-11H,3-5,7-9H2,1-2H3. The maximum atomic E-state index is 12.2. The maximum Gasteiger partial charge on any atom is 0.262 e. The van der Waals surface area contributed by atoms with Gasteiger partial charge in [0.15, 0.2) is 0 Å². The van der Waals surface area contributed by atoms with Crippen LogP contribution in [0, 0.1) is 0 Å². The van der Waals surface area contributed by atoms with Gasteiger partial charge in [0.25, 0.3) is 5.56 Å². The minimum Gasteiger partial charge on any atom is -0.343 e. The fourth-order valence-electron chi connectivity index (χ4n) is 2.33. The largest absolute Gasteiger partial charge is 0.343 e. The molecule has 0 atom stereocenters. The molecule has 0 aliphatic carbocycles. The first-order valence-corrected chi connectivity index (χ1v) is 8.25. The van der Waals surface area contributed by atoms with Crippen molar-refractivity contribution < 1.29 is 4.79 Å². The summed E-state index contributed by atoms with van der Waals surface area (Å²) in [5.74, 6) is 0.107. The zero-order chi connectivity index (χ0) is 15.2. The van der Waals surface area contributed by atoms with Gasteiger partial charge in [0.1, 0.15) is 4.83 Å². The van der Waals surface area contributed by atoms with Crippen molar-refractivity contribution in [2.75, 3.05) is 13.1 Å². The van der Waals surface area contributed by atoms with Gasteiger partial charge < -0.3 is 4.90 Å². The Balaban J connectivity index is 2.05. The van der Waals surface area contributed by atoms with E-state index in [1.807, 2.05) is 10.3 Å². The summed E-state index contributed by atoms with van der Waals surface area (Å²) in [5, 5.41) is 2.49. The molecule has 114 valence electrons. The molecule has 0 saturated carbocycles. The highest BCUT2D eigenvalue weighted by atomic mass is 32.1. The number of carbonyl (C=O) groups excluding carboxylic acids is 1. The molecule has 0 saturated heterocycles. The van der Waals surface area contributed by atoms with Crippen molar-refractivity contribution in [1.82, 2.24) is 14.5 Å². The number of thiophene rings is 1. The normalized spacial score (nSPS) is 11.0. The van der Waals surface area contributed by atoms with Crippen LogP contribution >= 0.6 is 11.3 Å². The number of aromatic nitrogens is 2. The van der Waals surface area contributed by atoms with Crippen LogP contribution in [0.25, 0.3) is 10.2 Å². The minimum atomic E-state index is -0.0633. The second kappa shape index (κ2) is 7.36. The molecule has 0 aliphatic rings. The summed E-state index contributed by atoms with van der Waals surface area (Å²) in [6, 6.07) is 1.79. The van der Waals surface area contributed by atoms with Crippen LogP contribution in [0.15, 0.2) is 22.6 Å². The molecule has 2 rings (SSSR count). The van der Waals surface area contributed by atoms with E-state index in [2.05, 4.69) is 18.8 Å². The van der Waals surface area contributed by atoms with Gasteiger partial charge in [-0.1, -0.05) is 13.8 Å². The molecule has 2 aromatic rings. The van der Waals surface area contributed by atoms with Crippen LogP contribution in [-0.4, -0.2) is 33.4 Å². The van der Waals surface area contributed by atoms with Gasteiger partial charge >= 0.3 is 0 Å². The quantitative estimate of drug-likeness (QED) is 0.789. The van der Waals surface area contributed by atoms with Crippen molar-refractivity contribution >= 4 is 27.5 Å². The molecule has 0 aliphatic heterocycles. The Morgan fingerprint density at radius 1 is 1.33 bits per heavy atom. The number of fused-ring (bicyclic) bond motifs is 1. The third kappa shape index (κ3) is 3.69. The Morgan fingerprint density at radius 3 is 2.71 bits per heavy atom. The Labute approximate surface area is 128 Å². The third-order valence-corrected chi connectivity index (χ3v) is 4.18. The number of carbonyl (C=O) groups is 1. The topological polar surface area (TPSA) is 55.2 Å². The summed E-state index contributed by atoms with van der Waals surface area (Å²) in [6.07, 6.45) is 3.79. The molecule has 0 N–H and O–H groups in total. The Kier molecular flexibility index (Phi) is 5.50. The summed E-state index contributed by atoms with van der Waals surface area (Å²) in [6.45, 7) is 6.08. The van der Waals surface area contributed by atoms with Crippen molar-refractivity contribution in [1.29, 1.82) is 0 Å². The van der Waals surface area contributed by atoms with Crippen LogP contribution in [0.2, 0.25) is 0 Å². The molecule has 2 aromatic heterocycles. The zero-order valence-corrected chi connectivity index (χ0v) is 13.4. The van der Waals surface area contributed by atoms with Gasteiger partial charge in [-0.3, -0.25) is 14.2 Å². The number of rotatable bonds is 7. The first-order valence-electron chi connectivity index (χ1n) is 7.37.